The molecule has 1 amide bonds. The molecule has 0 aliphatic heterocycles. The van der Waals surface area contributed by atoms with Crippen LogP contribution in [0.25, 0.3) is 10.8 Å². The maximum absolute atomic E-state index is 12.4. The van der Waals surface area contributed by atoms with Crippen LogP contribution in [0.15, 0.2) is 72.8 Å². The SMILES string of the molecule is O=C(N[C@@H](CCc1ccccc1)C(=O)O)c1ccc2ccccc2c1. The fourth-order valence-electron chi connectivity index (χ4n) is 2.79. The van der Waals surface area contributed by atoms with E-state index in [9.17, 15) is 14.7 Å². The molecule has 0 heterocycles. The largest absolute Gasteiger partial charge is 0.480 e. The van der Waals surface area contributed by atoms with Gasteiger partial charge in [0.25, 0.3) is 5.91 Å². The zero-order valence-corrected chi connectivity index (χ0v) is 13.7. The van der Waals surface area contributed by atoms with Gasteiger partial charge in [-0.1, -0.05) is 60.7 Å². The molecule has 0 saturated heterocycles. The molecule has 0 bridgehead atoms. The second kappa shape index (κ2) is 7.62. The summed E-state index contributed by atoms with van der Waals surface area (Å²) in [5, 5.41) is 14.0. The molecule has 0 saturated carbocycles. The summed E-state index contributed by atoms with van der Waals surface area (Å²) < 4.78 is 0. The second-order valence-electron chi connectivity index (χ2n) is 5.95. The summed E-state index contributed by atoms with van der Waals surface area (Å²) in [6.07, 6.45) is 0.939. The molecule has 3 aromatic carbocycles. The van der Waals surface area contributed by atoms with E-state index in [2.05, 4.69) is 5.32 Å². The van der Waals surface area contributed by atoms with E-state index in [-0.39, 0.29) is 5.91 Å². The number of carboxylic acids is 1. The molecule has 1 atom stereocenters. The molecule has 0 aromatic heterocycles. The Hall–Kier alpha value is -3.14. The number of benzene rings is 3. The highest BCUT2D eigenvalue weighted by Gasteiger charge is 2.20. The first-order valence-electron chi connectivity index (χ1n) is 8.20. The van der Waals surface area contributed by atoms with Crippen molar-refractivity contribution in [3.8, 4) is 0 Å². The third-order valence-electron chi connectivity index (χ3n) is 4.18. The van der Waals surface area contributed by atoms with Crippen molar-refractivity contribution in [2.75, 3.05) is 0 Å². The number of amides is 1. The van der Waals surface area contributed by atoms with Crippen LogP contribution in [0.4, 0.5) is 0 Å². The van der Waals surface area contributed by atoms with Crippen LogP contribution in [0.5, 0.6) is 0 Å². The Morgan fingerprint density at radius 2 is 1.56 bits per heavy atom. The Bertz CT molecular complexity index is 890. The minimum atomic E-state index is -1.02. The van der Waals surface area contributed by atoms with E-state index in [0.717, 1.165) is 16.3 Å². The predicted molar refractivity (Wildman–Crippen MR) is 97.6 cm³/mol. The first-order chi connectivity index (χ1) is 12.1. The van der Waals surface area contributed by atoms with E-state index in [0.29, 0.717) is 18.4 Å². The predicted octanol–water partition coefficient (Wildman–Crippen LogP) is 3.66. The number of carbonyl (C=O) groups excluding carboxylic acids is 1. The van der Waals surface area contributed by atoms with Crippen LogP contribution >= 0.6 is 0 Å². The number of fused-ring (bicyclic) bond motifs is 1. The van der Waals surface area contributed by atoms with Gasteiger partial charge in [0.05, 0.1) is 0 Å². The van der Waals surface area contributed by atoms with Crippen molar-refractivity contribution in [2.24, 2.45) is 0 Å². The lowest BCUT2D eigenvalue weighted by atomic mass is 10.0. The quantitative estimate of drug-likeness (QED) is 0.723. The first kappa shape index (κ1) is 16.7. The fraction of sp³-hybridized carbons (Fsp3) is 0.143. The molecule has 0 unspecified atom stereocenters. The number of aliphatic carboxylic acids is 1. The minimum Gasteiger partial charge on any atom is -0.480 e. The maximum Gasteiger partial charge on any atom is 0.326 e. The third-order valence-corrected chi connectivity index (χ3v) is 4.18. The summed E-state index contributed by atoms with van der Waals surface area (Å²) in [6, 6.07) is 21.8. The number of aryl methyl sites for hydroxylation is 1. The van der Waals surface area contributed by atoms with Crippen LogP contribution in [0.2, 0.25) is 0 Å². The van der Waals surface area contributed by atoms with Gasteiger partial charge < -0.3 is 10.4 Å². The molecule has 2 N–H and O–H groups in total. The summed E-state index contributed by atoms with van der Waals surface area (Å²) in [7, 11) is 0. The van der Waals surface area contributed by atoms with Gasteiger partial charge in [0.2, 0.25) is 0 Å². The molecule has 4 heteroatoms. The summed E-state index contributed by atoms with van der Waals surface area (Å²) in [5.74, 6) is -1.39. The van der Waals surface area contributed by atoms with Crippen molar-refractivity contribution < 1.29 is 14.7 Å². The van der Waals surface area contributed by atoms with Gasteiger partial charge >= 0.3 is 5.97 Å². The lowest BCUT2D eigenvalue weighted by Crippen LogP contribution is -2.41. The normalized spacial score (nSPS) is 11.8. The van der Waals surface area contributed by atoms with Crippen molar-refractivity contribution in [3.63, 3.8) is 0 Å². The molecule has 0 aliphatic carbocycles. The Kier molecular flexibility index (Phi) is 5.09. The number of hydrogen-bond donors (Lipinski definition) is 2. The topological polar surface area (TPSA) is 66.4 Å². The van der Waals surface area contributed by atoms with Crippen molar-refractivity contribution >= 4 is 22.6 Å². The molecular weight excluding hydrogens is 314 g/mol. The zero-order valence-electron chi connectivity index (χ0n) is 13.7. The number of rotatable bonds is 6. The Morgan fingerprint density at radius 3 is 2.28 bits per heavy atom. The minimum absolute atomic E-state index is 0.346. The van der Waals surface area contributed by atoms with E-state index in [1.165, 1.54) is 0 Å². The van der Waals surface area contributed by atoms with E-state index in [1.807, 2.05) is 60.7 Å². The van der Waals surface area contributed by atoms with Crippen molar-refractivity contribution in [1.82, 2.24) is 5.32 Å². The smallest absolute Gasteiger partial charge is 0.326 e. The van der Waals surface area contributed by atoms with Crippen LogP contribution in [-0.4, -0.2) is 23.0 Å². The van der Waals surface area contributed by atoms with Gasteiger partial charge in [0, 0.05) is 5.56 Å². The van der Waals surface area contributed by atoms with Crippen molar-refractivity contribution in [2.45, 2.75) is 18.9 Å². The van der Waals surface area contributed by atoms with E-state index < -0.39 is 12.0 Å². The van der Waals surface area contributed by atoms with Gasteiger partial charge in [-0.2, -0.15) is 0 Å². The fourth-order valence-corrected chi connectivity index (χ4v) is 2.79. The van der Waals surface area contributed by atoms with E-state index in [1.54, 1.807) is 12.1 Å². The van der Waals surface area contributed by atoms with Gasteiger partial charge in [-0.25, -0.2) is 4.79 Å². The summed E-state index contributed by atoms with van der Waals surface area (Å²) >= 11 is 0. The highest BCUT2D eigenvalue weighted by molar-refractivity contribution is 6.00. The highest BCUT2D eigenvalue weighted by atomic mass is 16.4. The summed E-state index contributed by atoms with van der Waals surface area (Å²) in [5.41, 5.74) is 1.51. The highest BCUT2D eigenvalue weighted by Crippen LogP contribution is 2.16. The first-order valence-corrected chi connectivity index (χ1v) is 8.20. The van der Waals surface area contributed by atoms with Crippen molar-refractivity contribution in [3.05, 3.63) is 83.9 Å². The number of carbonyl (C=O) groups is 2. The van der Waals surface area contributed by atoms with Gasteiger partial charge in [0.1, 0.15) is 6.04 Å². The second-order valence-corrected chi connectivity index (χ2v) is 5.95. The Labute approximate surface area is 146 Å². The van der Waals surface area contributed by atoms with Gasteiger partial charge in [-0.05, 0) is 41.3 Å². The van der Waals surface area contributed by atoms with Gasteiger partial charge in [-0.3, -0.25) is 4.79 Å². The standard InChI is InChI=1S/C21H19NO3/c23-20(18-12-11-16-8-4-5-9-17(16)14-18)22-19(21(24)25)13-10-15-6-2-1-3-7-15/h1-9,11-12,14,19H,10,13H2,(H,22,23)(H,24,25)/t19-/m0/s1. The maximum atomic E-state index is 12.4. The molecular formula is C21H19NO3. The van der Waals surface area contributed by atoms with Crippen LogP contribution in [0, 0.1) is 0 Å². The molecule has 0 radical (unpaired) electrons. The lowest BCUT2D eigenvalue weighted by molar-refractivity contribution is -0.139. The van der Waals surface area contributed by atoms with E-state index >= 15 is 0 Å². The number of nitrogens with one attached hydrogen (secondary N) is 1. The van der Waals surface area contributed by atoms with Crippen LogP contribution in [-0.2, 0) is 11.2 Å². The van der Waals surface area contributed by atoms with Crippen molar-refractivity contribution in [1.29, 1.82) is 0 Å². The molecule has 0 spiro atoms. The molecule has 0 aliphatic rings. The molecule has 126 valence electrons. The molecule has 3 aromatic rings. The third kappa shape index (κ3) is 4.23. The van der Waals surface area contributed by atoms with Crippen LogP contribution in [0.1, 0.15) is 22.3 Å². The zero-order chi connectivity index (χ0) is 17.6. The molecule has 25 heavy (non-hydrogen) atoms. The molecule has 3 rings (SSSR count). The lowest BCUT2D eigenvalue weighted by Gasteiger charge is -2.15. The number of hydrogen-bond acceptors (Lipinski definition) is 2. The number of carboxylic acid groups (broad SMARTS) is 1. The van der Waals surface area contributed by atoms with Gasteiger partial charge in [0.15, 0.2) is 0 Å². The average molecular weight is 333 g/mol. The summed E-state index contributed by atoms with van der Waals surface area (Å²) in [6.45, 7) is 0. The monoisotopic (exact) mass is 333 g/mol. The molecule has 4 nitrogen and oxygen atoms in total. The van der Waals surface area contributed by atoms with Gasteiger partial charge in [-0.15, -0.1) is 0 Å². The summed E-state index contributed by atoms with van der Waals surface area (Å²) in [4.78, 5) is 23.9. The molecule has 0 fully saturated rings. The van der Waals surface area contributed by atoms with Crippen LogP contribution < -0.4 is 5.32 Å². The van der Waals surface area contributed by atoms with Crippen LogP contribution in [0.3, 0.4) is 0 Å². The van der Waals surface area contributed by atoms with E-state index in [4.69, 9.17) is 0 Å². The Balaban J connectivity index is 1.70. The average Bonchev–Trinajstić information content (AvgIpc) is 2.65. The Morgan fingerprint density at radius 1 is 0.880 bits per heavy atom.